The quantitative estimate of drug-likeness (QED) is 0.758. The van der Waals surface area contributed by atoms with Crippen molar-refractivity contribution >= 4 is 17.9 Å². The van der Waals surface area contributed by atoms with Crippen molar-refractivity contribution in [3.8, 4) is 0 Å². The first kappa shape index (κ1) is 20.2. The summed E-state index contributed by atoms with van der Waals surface area (Å²) in [5.41, 5.74) is 1.46. The van der Waals surface area contributed by atoms with Crippen LogP contribution in [0.5, 0.6) is 0 Å². The van der Waals surface area contributed by atoms with Gasteiger partial charge in [-0.2, -0.15) is 0 Å². The van der Waals surface area contributed by atoms with E-state index in [0.29, 0.717) is 36.3 Å². The summed E-state index contributed by atoms with van der Waals surface area (Å²) in [7, 11) is 0. The first-order valence-electron chi connectivity index (χ1n) is 10.1. The normalized spacial score (nSPS) is 21.1. The highest BCUT2D eigenvalue weighted by molar-refractivity contribution is 6.02. The van der Waals surface area contributed by atoms with Crippen LogP contribution in [0.25, 0.3) is 0 Å². The van der Waals surface area contributed by atoms with Gasteiger partial charge in [0, 0.05) is 23.6 Å². The van der Waals surface area contributed by atoms with Crippen LogP contribution in [0.15, 0.2) is 45.3 Å². The molecule has 2 aliphatic rings. The summed E-state index contributed by atoms with van der Waals surface area (Å²) in [5, 5.41) is 24.8. The lowest BCUT2D eigenvalue weighted by molar-refractivity contribution is -0.530. The minimum absolute atomic E-state index is 0.0168. The van der Waals surface area contributed by atoms with Gasteiger partial charge < -0.3 is 14.4 Å². The van der Waals surface area contributed by atoms with E-state index in [9.17, 15) is 5.11 Å². The second-order valence-corrected chi connectivity index (χ2v) is 8.43. The lowest BCUT2D eigenvalue weighted by Crippen LogP contribution is -2.48. The Morgan fingerprint density at radius 2 is 2.03 bits per heavy atom. The van der Waals surface area contributed by atoms with E-state index in [1.807, 2.05) is 28.7 Å². The van der Waals surface area contributed by atoms with Crippen LogP contribution in [0.1, 0.15) is 44.7 Å². The molecule has 2 unspecified atom stereocenters. The number of ether oxygens (including phenoxy) is 1. The predicted molar refractivity (Wildman–Crippen MR) is 111 cm³/mol. The molecule has 0 fully saturated rings. The summed E-state index contributed by atoms with van der Waals surface area (Å²) < 4.78 is 13.3. The van der Waals surface area contributed by atoms with Gasteiger partial charge in [0.25, 0.3) is 0 Å². The molecule has 0 spiro atoms. The van der Waals surface area contributed by atoms with Gasteiger partial charge in [-0.15, -0.1) is 5.10 Å². The lowest BCUT2D eigenvalue weighted by atomic mass is 9.76. The fourth-order valence-corrected chi connectivity index (χ4v) is 3.71. The number of hydrazone groups is 2. The molecule has 0 saturated carbocycles. The molecule has 4 rings (SSSR count). The summed E-state index contributed by atoms with van der Waals surface area (Å²) in [6.45, 7) is 9.49. The van der Waals surface area contributed by atoms with Crippen molar-refractivity contribution in [3.05, 3.63) is 47.6 Å². The first-order chi connectivity index (χ1) is 14.4. The van der Waals surface area contributed by atoms with Crippen LogP contribution in [0.2, 0.25) is 0 Å². The summed E-state index contributed by atoms with van der Waals surface area (Å²) >= 11 is 0. The Bertz CT molecular complexity index is 990. The molecule has 9 heteroatoms. The minimum atomic E-state index is -0.221. The molecular weight excluding hydrogens is 384 g/mol. The number of pyridine rings is 1. The lowest BCUT2D eigenvalue weighted by Gasteiger charge is -2.32. The zero-order valence-electron chi connectivity index (χ0n) is 17.7. The van der Waals surface area contributed by atoms with Crippen LogP contribution in [-0.4, -0.2) is 55.5 Å². The molecule has 2 aromatic rings. The van der Waals surface area contributed by atoms with Gasteiger partial charge in [0.05, 0.1) is 5.92 Å². The van der Waals surface area contributed by atoms with Gasteiger partial charge in [-0.3, -0.25) is 4.98 Å². The van der Waals surface area contributed by atoms with E-state index in [2.05, 4.69) is 42.2 Å². The number of hydrogen-bond acceptors (Lipinski definition) is 8. The molecule has 0 amide bonds. The van der Waals surface area contributed by atoms with Crippen LogP contribution >= 0.6 is 0 Å². The molecule has 1 N–H and O–H groups in total. The molecule has 30 heavy (non-hydrogen) atoms. The largest absolute Gasteiger partial charge is 0.475 e. The number of rotatable bonds is 5. The first-order valence-corrected chi connectivity index (χ1v) is 10.1. The molecule has 0 aliphatic carbocycles. The maximum absolute atomic E-state index is 9.35. The fraction of sp³-hybridized carbons (Fsp3) is 0.476. The van der Waals surface area contributed by atoms with E-state index < -0.39 is 0 Å². The van der Waals surface area contributed by atoms with Crippen molar-refractivity contribution in [1.29, 1.82) is 0 Å². The van der Waals surface area contributed by atoms with Crippen molar-refractivity contribution in [2.24, 2.45) is 21.5 Å². The summed E-state index contributed by atoms with van der Waals surface area (Å²) in [4.78, 5) is 4.05. The van der Waals surface area contributed by atoms with Crippen LogP contribution in [-0.2, 0) is 18.0 Å². The smallest absolute Gasteiger partial charge is 0.246 e. The number of hydrogen-bond donors (Lipinski definition) is 1. The zero-order chi connectivity index (χ0) is 21.3. The highest BCUT2D eigenvalue weighted by Gasteiger charge is 2.51. The van der Waals surface area contributed by atoms with Crippen LogP contribution in [0.4, 0.5) is 0 Å². The molecule has 2 aliphatic heterocycles. The molecule has 0 aromatic carbocycles. The summed E-state index contributed by atoms with van der Waals surface area (Å²) in [5.74, 6) is 1.64. The Balaban J connectivity index is 1.70. The molecule has 0 radical (unpaired) electrons. The highest BCUT2D eigenvalue weighted by Crippen LogP contribution is 2.38. The van der Waals surface area contributed by atoms with E-state index in [-0.39, 0.29) is 24.0 Å². The van der Waals surface area contributed by atoms with E-state index in [1.54, 1.807) is 18.5 Å². The van der Waals surface area contributed by atoms with Crippen molar-refractivity contribution < 1.29 is 19.1 Å². The average molecular weight is 411 g/mol. The van der Waals surface area contributed by atoms with Crippen LogP contribution in [0, 0.1) is 11.3 Å². The standard InChI is InChI=1S/C21H27N6O3/c1-5-26-11-17-18(21(2,3)4)20(29-13-14-6-8-22-9-7-14)24-27(17)19(23-26)16-10-15(12-28)30-25-16/h6-11,17-18,28H,5,12-13H2,1-4H3/q+1. The molecule has 2 atom stereocenters. The molecule has 158 valence electrons. The van der Waals surface area contributed by atoms with Gasteiger partial charge in [-0.1, -0.05) is 30.6 Å². The zero-order valence-corrected chi connectivity index (χ0v) is 17.7. The Hall–Kier alpha value is -3.07. The van der Waals surface area contributed by atoms with E-state index in [4.69, 9.17) is 14.4 Å². The van der Waals surface area contributed by atoms with Crippen molar-refractivity contribution in [2.75, 3.05) is 6.54 Å². The van der Waals surface area contributed by atoms with Gasteiger partial charge in [0.15, 0.2) is 24.2 Å². The Kier molecular flexibility index (Phi) is 5.38. The van der Waals surface area contributed by atoms with E-state index in [1.165, 1.54) is 0 Å². The summed E-state index contributed by atoms with van der Waals surface area (Å²) in [6, 6.07) is 5.48. The third-order valence-electron chi connectivity index (χ3n) is 5.20. The highest BCUT2D eigenvalue weighted by atomic mass is 16.5. The van der Waals surface area contributed by atoms with Crippen molar-refractivity contribution in [3.63, 3.8) is 0 Å². The van der Waals surface area contributed by atoms with Crippen LogP contribution in [0.3, 0.4) is 0 Å². The maximum atomic E-state index is 9.35. The Labute approximate surface area is 175 Å². The Morgan fingerprint density at radius 1 is 1.27 bits per heavy atom. The topological polar surface area (TPSA) is 99.4 Å². The van der Waals surface area contributed by atoms with Crippen LogP contribution < -0.4 is 0 Å². The second-order valence-electron chi connectivity index (χ2n) is 8.43. The average Bonchev–Trinajstić information content (AvgIpc) is 3.36. The third-order valence-corrected chi connectivity index (χ3v) is 5.20. The number of aromatic nitrogens is 2. The fourth-order valence-electron chi connectivity index (χ4n) is 3.71. The Morgan fingerprint density at radius 3 is 2.67 bits per heavy atom. The SMILES string of the molecule is CC[N+]1=CC2C(C(C)(C)C)C(OCc3ccncc3)=NN2C(c2cc(CO)on2)=N1. The van der Waals surface area contributed by atoms with Gasteiger partial charge in [-0.05, 0) is 30.0 Å². The molecule has 4 heterocycles. The van der Waals surface area contributed by atoms with Crippen molar-refractivity contribution in [1.82, 2.24) is 15.1 Å². The van der Waals surface area contributed by atoms with E-state index >= 15 is 0 Å². The van der Waals surface area contributed by atoms with E-state index in [0.717, 1.165) is 5.56 Å². The van der Waals surface area contributed by atoms with Crippen molar-refractivity contribution in [2.45, 2.75) is 47.0 Å². The molecule has 0 saturated heterocycles. The maximum Gasteiger partial charge on any atom is 0.246 e. The number of amidine groups is 1. The van der Waals surface area contributed by atoms with Gasteiger partial charge >= 0.3 is 0 Å². The molecule has 0 bridgehead atoms. The molecular formula is C21H27N6O3+. The predicted octanol–water partition coefficient (Wildman–Crippen LogP) is 2.22. The van der Waals surface area contributed by atoms with Gasteiger partial charge in [0.2, 0.25) is 11.7 Å². The number of fused-ring (bicyclic) bond motifs is 1. The number of aliphatic hydroxyl groups is 1. The monoisotopic (exact) mass is 411 g/mol. The molecule has 9 nitrogen and oxygen atoms in total. The third kappa shape index (κ3) is 3.85. The van der Waals surface area contributed by atoms with Gasteiger partial charge in [-0.25, -0.2) is 5.01 Å². The van der Waals surface area contributed by atoms with Gasteiger partial charge in [0.1, 0.15) is 19.3 Å². The minimum Gasteiger partial charge on any atom is -0.475 e. The second kappa shape index (κ2) is 7.98. The number of nitrogens with zero attached hydrogens (tertiary/aromatic N) is 6. The molecule has 2 aromatic heterocycles. The number of aliphatic hydroxyl groups excluding tert-OH is 1. The summed E-state index contributed by atoms with van der Waals surface area (Å²) in [6.07, 6.45) is 5.58.